The molecule has 0 unspecified atom stereocenters. The van der Waals surface area contributed by atoms with E-state index in [1.165, 1.54) is 5.56 Å². The second-order valence-electron chi connectivity index (χ2n) is 5.43. The van der Waals surface area contributed by atoms with E-state index in [9.17, 15) is 0 Å². The molecule has 1 aliphatic heterocycles. The van der Waals surface area contributed by atoms with Crippen molar-refractivity contribution >= 4 is 12.6 Å². The first-order valence-electron chi connectivity index (χ1n) is 6.65. The van der Waals surface area contributed by atoms with Crippen LogP contribution in [-0.4, -0.2) is 37.5 Å². The maximum absolute atomic E-state index is 5.47. The second kappa shape index (κ2) is 6.60. The van der Waals surface area contributed by atoms with Crippen LogP contribution < -0.4 is 0 Å². The summed E-state index contributed by atoms with van der Waals surface area (Å²) in [5.74, 6) is 0.954. The van der Waals surface area contributed by atoms with Crippen LogP contribution in [0, 0.1) is 5.41 Å². The number of nitrogens with zero attached hydrogens (tertiary/aromatic N) is 1. The minimum Gasteiger partial charge on any atom is -0.381 e. The van der Waals surface area contributed by atoms with Crippen molar-refractivity contribution in [3.8, 4) is 0 Å². The first kappa shape index (κ1) is 13.9. The van der Waals surface area contributed by atoms with Gasteiger partial charge < -0.3 is 9.64 Å². The average Bonchev–Trinajstić information content (AvgIpc) is 2.41. The SMILES string of the molecule is CN(Cc1ccccc1)CC1(CS)CCOCC1. The Morgan fingerprint density at radius 2 is 1.89 bits per heavy atom. The quantitative estimate of drug-likeness (QED) is 0.822. The van der Waals surface area contributed by atoms with Gasteiger partial charge in [-0.15, -0.1) is 0 Å². The number of hydrogen-bond donors (Lipinski definition) is 1. The lowest BCUT2D eigenvalue weighted by Crippen LogP contribution is -2.41. The molecule has 0 N–H and O–H groups in total. The summed E-state index contributed by atoms with van der Waals surface area (Å²) in [6, 6.07) is 10.6. The van der Waals surface area contributed by atoms with Gasteiger partial charge in [-0.05, 0) is 36.6 Å². The van der Waals surface area contributed by atoms with Gasteiger partial charge in [-0.2, -0.15) is 12.6 Å². The summed E-state index contributed by atoms with van der Waals surface area (Å²) in [4.78, 5) is 2.41. The topological polar surface area (TPSA) is 12.5 Å². The van der Waals surface area contributed by atoms with Crippen LogP contribution in [0.25, 0.3) is 0 Å². The van der Waals surface area contributed by atoms with Gasteiger partial charge in [0.25, 0.3) is 0 Å². The lowest BCUT2D eigenvalue weighted by molar-refractivity contribution is 0.0105. The van der Waals surface area contributed by atoms with E-state index in [0.29, 0.717) is 5.41 Å². The van der Waals surface area contributed by atoms with Crippen molar-refractivity contribution in [2.24, 2.45) is 5.41 Å². The fraction of sp³-hybridized carbons (Fsp3) is 0.600. The molecule has 1 heterocycles. The molecule has 0 aliphatic carbocycles. The smallest absolute Gasteiger partial charge is 0.0472 e. The minimum absolute atomic E-state index is 0.338. The molecule has 1 aromatic carbocycles. The van der Waals surface area contributed by atoms with Gasteiger partial charge in [0.05, 0.1) is 0 Å². The normalized spacial score (nSPS) is 19.1. The Labute approximate surface area is 116 Å². The molecule has 0 atom stereocenters. The van der Waals surface area contributed by atoms with Crippen LogP contribution >= 0.6 is 12.6 Å². The molecule has 0 spiro atoms. The highest BCUT2D eigenvalue weighted by Crippen LogP contribution is 2.32. The Kier molecular flexibility index (Phi) is 5.10. The van der Waals surface area contributed by atoms with Crippen LogP contribution in [-0.2, 0) is 11.3 Å². The molecular formula is C15H23NOS. The molecule has 1 aliphatic rings. The van der Waals surface area contributed by atoms with Gasteiger partial charge in [0.2, 0.25) is 0 Å². The first-order chi connectivity index (χ1) is 8.74. The third-order valence-corrected chi connectivity index (χ3v) is 4.46. The Hall–Kier alpha value is -0.510. The zero-order chi connectivity index (χ0) is 12.8. The highest BCUT2D eigenvalue weighted by molar-refractivity contribution is 7.80. The number of benzene rings is 1. The van der Waals surface area contributed by atoms with E-state index in [4.69, 9.17) is 4.74 Å². The van der Waals surface area contributed by atoms with Gasteiger partial charge in [0, 0.05) is 26.3 Å². The molecule has 1 saturated heterocycles. The monoisotopic (exact) mass is 265 g/mol. The Balaban J connectivity index is 1.91. The summed E-state index contributed by atoms with van der Waals surface area (Å²) in [6.07, 6.45) is 2.27. The molecule has 0 amide bonds. The lowest BCUT2D eigenvalue weighted by atomic mass is 9.81. The van der Waals surface area contributed by atoms with E-state index >= 15 is 0 Å². The zero-order valence-corrected chi connectivity index (χ0v) is 12.0. The van der Waals surface area contributed by atoms with E-state index in [-0.39, 0.29) is 0 Å². The molecule has 0 bridgehead atoms. The average molecular weight is 265 g/mol. The zero-order valence-electron chi connectivity index (χ0n) is 11.1. The van der Waals surface area contributed by atoms with Crippen LogP contribution in [0.2, 0.25) is 0 Å². The summed E-state index contributed by atoms with van der Waals surface area (Å²) in [7, 11) is 2.20. The van der Waals surface area contributed by atoms with E-state index in [1.807, 2.05) is 0 Å². The lowest BCUT2D eigenvalue weighted by Gasteiger charge is -2.39. The van der Waals surface area contributed by atoms with E-state index in [2.05, 4.69) is 54.9 Å². The van der Waals surface area contributed by atoms with Crippen molar-refractivity contribution < 1.29 is 4.74 Å². The number of rotatable bonds is 5. The van der Waals surface area contributed by atoms with Crippen LogP contribution in [0.1, 0.15) is 18.4 Å². The largest absolute Gasteiger partial charge is 0.381 e. The summed E-state index contributed by atoms with van der Waals surface area (Å²) in [5.41, 5.74) is 1.71. The summed E-state index contributed by atoms with van der Waals surface area (Å²) in [6.45, 7) is 3.89. The maximum Gasteiger partial charge on any atom is 0.0472 e. The molecule has 3 heteroatoms. The van der Waals surface area contributed by atoms with Gasteiger partial charge in [-0.25, -0.2) is 0 Å². The molecule has 2 nitrogen and oxygen atoms in total. The van der Waals surface area contributed by atoms with Crippen molar-refractivity contribution in [1.29, 1.82) is 0 Å². The van der Waals surface area contributed by atoms with Gasteiger partial charge in [0.1, 0.15) is 0 Å². The number of thiol groups is 1. The Morgan fingerprint density at radius 1 is 1.22 bits per heavy atom. The van der Waals surface area contributed by atoms with Crippen LogP contribution in [0.15, 0.2) is 30.3 Å². The third-order valence-electron chi connectivity index (χ3n) is 3.79. The fourth-order valence-corrected chi connectivity index (χ4v) is 3.11. The second-order valence-corrected chi connectivity index (χ2v) is 5.74. The third kappa shape index (κ3) is 3.74. The molecular weight excluding hydrogens is 242 g/mol. The number of hydrogen-bond acceptors (Lipinski definition) is 3. The molecule has 2 rings (SSSR count). The molecule has 100 valence electrons. The predicted molar refractivity (Wildman–Crippen MR) is 79.1 cm³/mol. The van der Waals surface area contributed by atoms with Crippen LogP contribution in [0.4, 0.5) is 0 Å². The van der Waals surface area contributed by atoms with Gasteiger partial charge in [0.15, 0.2) is 0 Å². The molecule has 0 aromatic heterocycles. The van der Waals surface area contributed by atoms with Gasteiger partial charge >= 0.3 is 0 Å². The van der Waals surface area contributed by atoms with Gasteiger partial charge in [-0.1, -0.05) is 30.3 Å². The summed E-state index contributed by atoms with van der Waals surface area (Å²) in [5, 5.41) is 0. The standard InChI is InChI=1S/C15H23NOS/c1-16(11-14-5-3-2-4-6-14)12-15(13-18)7-9-17-10-8-15/h2-6,18H,7-13H2,1H3. The molecule has 1 aromatic rings. The first-order valence-corrected chi connectivity index (χ1v) is 7.28. The van der Waals surface area contributed by atoms with Crippen LogP contribution in [0.5, 0.6) is 0 Å². The highest BCUT2D eigenvalue weighted by atomic mass is 32.1. The fourth-order valence-electron chi connectivity index (χ4n) is 2.69. The minimum atomic E-state index is 0.338. The van der Waals surface area contributed by atoms with E-state index in [0.717, 1.165) is 44.9 Å². The Bertz CT molecular complexity index is 349. The van der Waals surface area contributed by atoms with Crippen molar-refractivity contribution in [3.63, 3.8) is 0 Å². The molecule has 1 fully saturated rings. The molecule has 0 saturated carbocycles. The van der Waals surface area contributed by atoms with Crippen molar-refractivity contribution in [3.05, 3.63) is 35.9 Å². The van der Waals surface area contributed by atoms with E-state index in [1.54, 1.807) is 0 Å². The van der Waals surface area contributed by atoms with Crippen LogP contribution in [0.3, 0.4) is 0 Å². The summed E-state index contributed by atoms with van der Waals surface area (Å²) >= 11 is 4.57. The molecule has 0 radical (unpaired) electrons. The van der Waals surface area contributed by atoms with Gasteiger partial charge in [-0.3, -0.25) is 0 Å². The number of ether oxygens (including phenoxy) is 1. The highest BCUT2D eigenvalue weighted by Gasteiger charge is 2.32. The Morgan fingerprint density at radius 3 is 2.50 bits per heavy atom. The predicted octanol–water partition coefficient (Wildman–Crippen LogP) is 2.85. The van der Waals surface area contributed by atoms with Crippen molar-refractivity contribution in [1.82, 2.24) is 4.90 Å². The molecule has 18 heavy (non-hydrogen) atoms. The van der Waals surface area contributed by atoms with Crippen molar-refractivity contribution in [2.45, 2.75) is 19.4 Å². The maximum atomic E-state index is 5.47. The summed E-state index contributed by atoms with van der Waals surface area (Å²) < 4.78 is 5.47. The van der Waals surface area contributed by atoms with Crippen molar-refractivity contribution in [2.75, 3.05) is 32.6 Å². The van der Waals surface area contributed by atoms with E-state index < -0.39 is 0 Å².